The van der Waals surface area contributed by atoms with Crippen LogP contribution in [0.15, 0.2) is 0 Å². The summed E-state index contributed by atoms with van der Waals surface area (Å²) in [5.41, 5.74) is -1.01. The fourth-order valence-corrected chi connectivity index (χ4v) is 7.87. The van der Waals surface area contributed by atoms with E-state index in [4.69, 9.17) is 4.74 Å². The predicted molar refractivity (Wildman–Crippen MR) is 93.7 cm³/mol. The molecule has 0 aromatic rings. The highest BCUT2D eigenvalue weighted by atomic mass is 16.5. The molecule has 0 aliphatic heterocycles. The second-order valence-electron chi connectivity index (χ2n) is 10.2. The largest absolute Gasteiger partial charge is 0.469 e. The molecule has 0 aromatic heterocycles. The van der Waals surface area contributed by atoms with Crippen LogP contribution in [0.4, 0.5) is 0 Å². The van der Waals surface area contributed by atoms with Crippen molar-refractivity contribution in [1.82, 2.24) is 0 Å². The Labute approximate surface area is 150 Å². The van der Waals surface area contributed by atoms with Crippen molar-refractivity contribution in [2.24, 2.45) is 33.5 Å². The highest BCUT2D eigenvalue weighted by Crippen LogP contribution is 2.72. The van der Waals surface area contributed by atoms with Crippen molar-refractivity contribution in [2.45, 2.75) is 78.2 Å². The fourth-order valence-electron chi connectivity index (χ4n) is 7.87. The van der Waals surface area contributed by atoms with Gasteiger partial charge < -0.3 is 9.84 Å². The van der Waals surface area contributed by atoms with Crippen LogP contribution in [0.25, 0.3) is 0 Å². The molecule has 25 heavy (non-hydrogen) atoms. The maximum Gasteiger partial charge on any atom is 0.311 e. The van der Waals surface area contributed by atoms with Crippen LogP contribution in [-0.2, 0) is 14.3 Å². The standard InChI is InChI=1S/C21H32O4/c1-18-9-6-13-19(2)7-5-8-20(3,17(24)25-4)14(19)10-15(22)21(13,12-18)11-16(18)23/h13-15,22H,5-12H2,1-4H3/t13-,14-,15-,18-,19-,20+,21+/m0/s1. The molecule has 4 rings (SSSR count). The Bertz CT molecular complexity index is 629. The van der Waals surface area contributed by atoms with E-state index in [0.717, 1.165) is 38.5 Å². The summed E-state index contributed by atoms with van der Waals surface area (Å²) in [4.78, 5) is 25.4. The van der Waals surface area contributed by atoms with Gasteiger partial charge in [-0.2, -0.15) is 0 Å². The molecule has 0 unspecified atom stereocenters. The monoisotopic (exact) mass is 348 g/mol. The van der Waals surface area contributed by atoms with Crippen LogP contribution in [0.3, 0.4) is 0 Å². The zero-order valence-electron chi connectivity index (χ0n) is 16.1. The molecular formula is C21H32O4. The second-order valence-corrected chi connectivity index (χ2v) is 10.2. The van der Waals surface area contributed by atoms with Gasteiger partial charge in [0.25, 0.3) is 0 Å². The number of ether oxygens (including phenoxy) is 1. The Morgan fingerprint density at radius 3 is 2.56 bits per heavy atom. The number of aliphatic hydroxyl groups excluding tert-OH is 1. The number of hydrogen-bond acceptors (Lipinski definition) is 4. The Balaban J connectivity index is 1.79. The van der Waals surface area contributed by atoms with Gasteiger partial charge in [-0.05, 0) is 62.7 Å². The van der Waals surface area contributed by atoms with Gasteiger partial charge >= 0.3 is 5.97 Å². The minimum Gasteiger partial charge on any atom is -0.469 e. The number of aliphatic hydroxyl groups is 1. The number of rotatable bonds is 1. The van der Waals surface area contributed by atoms with Gasteiger partial charge in [0.1, 0.15) is 5.78 Å². The van der Waals surface area contributed by atoms with Crippen molar-refractivity contribution in [2.75, 3.05) is 7.11 Å². The molecule has 0 radical (unpaired) electrons. The molecule has 4 aliphatic carbocycles. The first-order valence-electron chi connectivity index (χ1n) is 9.92. The molecule has 4 nitrogen and oxygen atoms in total. The summed E-state index contributed by atoms with van der Waals surface area (Å²) in [5.74, 6) is 0.682. The summed E-state index contributed by atoms with van der Waals surface area (Å²) in [6, 6.07) is 0. The van der Waals surface area contributed by atoms with Gasteiger partial charge in [-0.25, -0.2) is 0 Å². The SMILES string of the molecule is COC(=O)[C@]1(C)CCC[C@@]2(C)[C@@H]3CC[C@@]4(C)C[C@@]3(CC4=O)[C@@H](O)C[C@@H]21. The molecule has 7 atom stereocenters. The van der Waals surface area contributed by atoms with E-state index >= 15 is 0 Å². The van der Waals surface area contributed by atoms with Gasteiger partial charge in [0.05, 0.1) is 18.6 Å². The summed E-state index contributed by atoms with van der Waals surface area (Å²) >= 11 is 0. The van der Waals surface area contributed by atoms with Gasteiger partial charge in [-0.15, -0.1) is 0 Å². The van der Waals surface area contributed by atoms with Crippen molar-refractivity contribution in [3.63, 3.8) is 0 Å². The van der Waals surface area contributed by atoms with Crippen molar-refractivity contribution < 1.29 is 19.4 Å². The lowest BCUT2D eigenvalue weighted by molar-refractivity contribution is -0.213. The first-order valence-corrected chi connectivity index (χ1v) is 9.92. The lowest BCUT2D eigenvalue weighted by Gasteiger charge is -2.65. The van der Waals surface area contributed by atoms with Gasteiger partial charge in [0.2, 0.25) is 0 Å². The molecule has 0 aromatic carbocycles. The number of carbonyl (C=O) groups excluding carboxylic acids is 2. The Kier molecular flexibility index (Phi) is 3.56. The van der Waals surface area contributed by atoms with Gasteiger partial charge in [0, 0.05) is 17.3 Å². The van der Waals surface area contributed by atoms with Crippen LogP contribution in [0.2, 0.25) is 0 Å². The highest BCUT2D eigenvalue weighted by Gasteiger charge is 2.71. The Morgan fingerprint density at radius 2 is 1.88 bits per heavy atom. The van der Waals surface area contributed by atoms with Crippen molar-refractivity contribution in [3.05, 3.63) is 0 Å². The molecule has 140 valence electrons. The summed E-state index contributed by atoms with van der Waals surface area (Å²) in [6.07, 6.45) is 6.40. The van der Waals surface area contributed by atoms with Gasteiger partial charge in [-0.3, -0.25) is 9.59 Å². The average molecular weight is 348 g/mol. The summed E-state index contributed by atoms with van der Waals surface area (Å²) in [5, 5.41) is 11.2. The van der Waals surface area contributed by atoms with E-state index in [2.05, 4.69) is 13.8 Å². The fraction of sp³-hybridized carbons (Fsp3) is 0.905. The summed E-state index contributed by atoms with van der Waals surface area (Å²) < 4.78 is 5.18. The number of ketones is 1. The molecule has 4 fully saturated rings. The minimum absolute atomic E-state index is 0.00632. The number of carbonyl (C=O) groups is 2. The quantitative estimate of drug-likeness (QED) is 0.737. The highest BCUT2D eigenvalue weighted by molar-refractivity contribution is 5.88. The smallest absolute Gasteiger partial charge is 0.311 e. The zero-order valence-corrected chi connectivity index (χ0v) is 16.1. The van der Waals surface area contributed by atoms with E-state index < -0.39 is 11.5 Å². The maximum absolute atomic E-state index is 12.7. The number of fused-ring (bicyclic) bond motifs is 3. The molecule has 0 saturated heterocycles. The number of Topliss-reactive ketones (excluding diaryl/α,β-unsaturated/α-hetero) is 1. The summed E-state index contributed by atoms with van der Waals surface area (Å²) in [6.45, 7) is 6.47. The van der Waals surface area contributed by atoms with E-state index in [1.807, 2.05) is 6.92 Å². The first-order chi connectivity index (χ1) is 11.6. The third kappa shape index (κ3) is 1.98. The maximum atomic E-state index is 12.7. The third-order valence-corrected chi connectivity index (χ3v) is 9.11. The minimum atomic E-state index is -0.520. The number of esters is 1. The van der Waals surface area contributed by atoms with Crippen LogP contribution >= 0.6 is 0 Å². The molecule has 4 aliphatic rings. The lowest BCUT2D eigenvalue weighted by Crippen LogP contribution is -2.63. The van der Waals surface area contributed by atoms with Gasteiger partial charge in [-0.1, -0.05) is 20.3 Å². The molecule has 4 heteroatoms. The van der Waals surface area contributed by atoms with E-state index in [0.29, 0.717) is 24.5 Å². The topological polar surface area (TPSA) is 63.6 Å². The molecule has 2 bridgehead atoms. The molecular weight excluding hydrogens is 316 g/mol. The average Bonchev–Trinajstić information content (AvgIpc) is 2.75. The van der Waals surface area contributed by atoms with Crippen LogP contribution in [-0.4, -0.2) is 30.1 Å². The van der Waals surface area contributed by atoms with E-state index in [1.165, 1.54) is 7.11 Å². The molecule has 4 saturated carbocycles. The molecule has 0 heterocycles. The molecule has 1 spiro atoms. The first kappa shape index (κ1) is 17.5. The Morgan fingerprint density at radius 1 is 1.16 bits per heavy atom. The summed E-state index contributed by atoms with van der Waals surface area (Å²) in [7, 11) is 1.47. The van der Waals surface area contributed by atoms with Crippen molar-refractivity contribution in [3.8, 4) is 0 Å². The van der Waals surface area contributed by atoms with E-state index in [-0.39, 0.29) is 28.1 Å². The van der Waals surface area contributed by atoms with Crippen molar-refractivity contribution >= 4 is 11.8 Å². The predicted octanol–water partition coefficient (Wildman–Crippen LogP) is 3.50. The van der Waals surface area contributed by atoms with Crippen LogP contribution < -0.4 is 0 Å². The lowest BCUT2D eigenvalue weighted by atomic mass is 9.39. The Hall–Kier alpha value is -0.900. The van der Waals surface area contributed by atoms with Crippen LogP contribution in [0, 0.1) is 33.5 Å². The second kappa shape index (κ2) is 5.09. The third-order valence-electron chi connectivity index (χ3n) is 9.11. The molecule has 0 amide bonds. The van der Waals surface area contributed by atoms with Crippen LogP contribution in [0.1, 0.15) is 72.1 Å². The van der Waals surface area contributed by atoms with E-state index in [9.17, 15) is 14.7 Å². The van der Waals surface area contributed by atoms with Gasteiger partial charge in [0.15, 0.2) is 0 Å². The van der Waals surface area contributed by atoms with E-state index in [1.54, 1.807) is 0 Å². The number of hydrogen-bond donors (Lipinski definition) is 1. The zero-order chi connectivity index (χ0) is 18.3. The normalized spacial score (nSPS) is 54.6. The van der Waals surface area contributed by atoms with Crippen molar-refractivity contribution in [1.29, 1.82) is 0 Å². The number of methoxy groups -OCH3 is 1. The van der Waals surface area contributed by atoms with Crippen LogP contribution in [0.5, 0.6) is 0 Å². The molecule has 1 N–H and O–H groups in total.